The number of hydrogen-bond acceptors (Lipinski definition) is 5. The first kappa shape index (κ1) is 18.6. The fourth-order valence-corrected chi connectivity index (χ4v) is 2.83. The molecular weight excluding hydrogens is 342 g/mol. The van der Waals surface area contributed by atoms with Gasteiger partial charge >= 0.3 is 0 Å². The predicted molar refractivity (Wildman–Crippen MR) is 102 cm³/mol. The molecule has 1 aromatic heterocycles. The van der Waals surface area contributed by atoms with E-state index in [9.17, 15) is 4.79 Å². The Balaban J connectivity index is 1.84. The van der Waals surface area contributed by atoms with Gasteiger partial charge in [0.15, 0.2) is 0 Å². The maximum Gasteiger partial charge on any atom is 0.258 e. The summed E-state index contributed by atoms with van der Waals surface area (Å²) in [6.45, 7) is 6.14. The van der Waals surface area contributed by atoms with Crippen LogP contribution in [0.4, 0.5) is 0 Å². The van der Waals surface area contributed by atoms with Crippen LogP contribution in [0.3, 0.4) is 0 Å². The maximum atomic E-state index is 13.0. The molecule has 0 radical (unpaired) electrons. The molecule has 1 amide bonds. The van der Waals surface area contributed by atoms with Crippen molar-refractivity contribution >= 4 is 5.91 Å². The van der Waals surface area contributed by atoms with E-state index in [1.54, 1.807) is 24.1 Å². The molecule has 0 bridgehead atoms. The number of aromatic nitrogens is 2. The maximum absolute atomic E-state index is 13.0. The van der Waals surface area contributed by atoms with E-state index in [0.29, 0.717) is 23.0 Å². The van der Waals surface area contributed by atoms with Crippen LogP contribution in [0.2, 0.25) is 0 Å². The molecular formula is C21H23N3O3. The van der Waals surface area contributed by atoms with Crippen molar-refractivity contribution in [2.45, 2.75) is 33.4 Å². The Morgan fingerprint density at radius 3 is 2.67 bits per heavy atom. The van der Waals surface area contributed by atoms with Crippen molar-refractivity contribution in [2.24, 2.45) is 0 Å². The van der Waals surface area contributed by atoms with E-state index in [1.807, 2.05) is 57.2 Å². The van der Waals surface area contributed by atoms with Gasteiger partial charge in [0, 0.05) is 11.6 Å². The first-order valence-electron chi connectivity index (χ1n) is 8.83. The average molecular weight is 365 g/mol. The molecule has 6 heteroatoms. The highest BCUT2D eigenvalue weighted by Gasteiger charge is 2.24. The predicted octanol–water partition coefficient (Wildman–Crippen LogP) is 4.10. The number of carbonyl (C=O) groups is 1. The Morgan fingerprint density at radius 1 is 1.19 bits per heavy atom. The Labute approximate surface area is 158 Å². The lowest BCUT2D eigenvalue weighted by atomic mass is 10.1. The first-order valence-corrected chi connectivity index (χ1v) is 8.83. The SMILES string of the molecule is COc1ccccc1C(=O)N(Cc1nc(-c2cccc(C)c2)no1)C(C)C. The third-order valence-corrected chi connectivity index (χ3v) is 4.27. The second-order valence-electron chi connectivity index (χ2n) is 6.61. The number of para-hydroxylation sites is 1. The molecule has 0 unspecified atom stereocenters. The quantitative estimate of drug-likeness (QED) is 0.658. The molecule has 6 nitrogen and oxygen atoms in total. The van der Waals surface area contributed by atoms with Gasteiger partial charge in [-0.2, -0.15) is 4.98 Å². The van der Waals surface area contributed by atoms with Crippen molar-refractivity contribution in [1.29, 1.82) is 0 Å². The largest absolute Gasteiger partial charge is 0.496 e. The third-order valence-electron chi connectivity index (χ3n) is 4.27. The van der Waals surface area contributed by atoms with Gasteiger partial charge < -0.3 is 14.2 Å². The van der Waals surface area contributed by atoms with Crippen LogP contribution in [-0.2, 0) is 6.54 Å². The zero-order valence-corrected chi connectivity index (χ0v) is 16.0. The lowest BCUT2D eigenvalue weighted by molar-refractivity contribution is 0.0664. The third kappa shape index (κ3) is 4.16. The van der Waals surface area contributed by atoms with E-state index in [1.165, 1.54) is 0 Å². The molecule has 140 valence electrons. The fraction of sp³-hybridized carbons (Fsp3) is 0.286. The van der Waals surface area contributed by atoms with E-state index in [-0.39, 0.29) is 18.5 Å². The Hall–Kier alpha value is -3.15. The van der Waals surface area contributed by atoms with Gasteiger partial charge in [0.25, 0.3) is 5.91 Å². The second kappa shape index (κ2) is 8.03. The normalized spacial score (nSPS) is 10.9. The van der Waals surface area contributed by atoms with Gasteiger partial charge in [-0.1, -0.05) is 41.1 Å². The zero-order valence-electron chi connectivity index (χ0n) is 16.0. The van der Waals surface area contributed by atoms with Crippen molar-refractivity contribution in [3.8, 4) is 17.1 Å². The van der Waals surface area contributed by atoms with Crippen molar-refractivity contribution in [3.63, 3.8) is 0 Å². The molecule has 27 heavy (non-hydrogen) atoms. The topological polar surface area (TPSA) is 68.5 Å². The van der Waals surface area contributed by atoms with Crippen LogP contribution in [0, 0.1) is 6.92 Å². The van der Waals surface area contributed by atoms with Gasteiger partial charge in [0.05, 0.1) is 12.7 Å². The van der Waals surface area contributed by atoms with E-state index in [0.717, 1.165) is 11.1 Å². The average Bonchev–Trinajstić information content (AvgIpc) is 3.14. The molecule has 0 aliphatic carbocycles. The van der Waals surface area contributed by atoms with Crippen LogP contribution in [0.15, 0.2) is 53.1 Å². The van der Waals surface area contributed by atoms with Gasteiger partial charge in [0.2, 0.25) is 11.7 Å². The monoisotopic (exact) mass is 365 g/mol. The summed E-state index contributed by atoms with van der Waals surface area (Å²) in [5, 5.41) is 4.06. The lowest BCUT2D eigenvalue weighted by Gasteiger charge is -2.25. The molecule has 0 saturated carbocycles. The van der Waals surface area contributed by atoms with Gasteiger partial charge in [0.1, 0.15) is 12.3 Å². The van der Waals surface area contributed by atoms with E-state index >= 15 is 0 Å². The summed E-state index contributed by atoms with van der Waals surface area (Å²) in [5.74, 6) is 1.31. The van der Waals surface area contributed by atoms with Crippen LogP contribution in [0.1, 0.15) is 35.7 Å². The highest BCUT2D eigenvalue weighted by atomic mass is 16.5. The molecule has 0 N–H and O–H groups in total. The molecule has 0 aliphatic heterocycles. The summed E-state index contributed by atoms with van der Waals surface area (Å²) in [5.41, 5.74) is 2.51. The molecule has 0 fully saturated rings. The molecule has 0 aliphatic rings. The van der Waals surface area contributed by atoms with Crippen molar-refractivity contribution in [2.75, 3.05) is 7.11 Å². The molecule has 0 atom stereocenters. The standard InChI is InChI=1S/C21H23N3O3/c1-14(2)24(21(25)17-10-5-6-11-18(17)26-4)13-19-22-20(23-27-19)16-9-7-8-15(3)12-16/h5-12,14H,13H2,1-4H3. The number of amides is 1. The highest BCUT2D eigenvalue weighted by Crippen LogP contribution is 2.22. The van der Waals surface area contributed by atoms with Gasteiger partial charge in [-0.3, -0.25) is 4.79 Å². The number of aryl methyl sites for hydroxylation is 1. The molecule has 1 heterocycles. The smallest absolute Gasteiger partial charge is 0.258 e. The molecule has 0 saturated heterocycles. The minimum absolute atomic E-state index is 0.0447. The minimum atomic E-state index is -0.141. The minimum Gasteiger partial charge on any atom is -0.496 e. The molecule has 2 aromatic carbocycles. The van der Waals surface area contributed by atoms with Crippen LogP contribution in [-0.4, -0.2) is 34.1 Å². The number of rotatable bonds is 6. The van der Waals surface area contributed by atoms with E-state index in [4.69, 9.17) is 9.26 Å². The lowest BCUT2D eigenvalue weighted by Crippen LogP contribution is -2.36. The zero-order chi connectivity index (χ0) is 19.4. The van der Waals surface area contributed by atoms with Crippen LogP contribution >= 0.6 is 0 Å². The summed E-state index contributed by atoms with van der Waals surface area (Å²) in [6, 6.07) is 15.0. The molecule has 0 spiro atoms. The van der Waals surface area contributed by atoms with Crippen LogP contribution in [0.5, 0.6) is 5.75 Å². The van der Waals surface area contributed by atoms with E-state index in [2.05, 4.69) is 10.1 Å². The summed E-state index contributed by atoms with van der Waals surface area (Å²) in [4.78, 5) is 19.2. The molecule has 3 rings (SSSR count). The second-order valence-corrected chi connectivity index (χ2v) is 6.61. The molecule has 3 aromatic rings. The Bertz CT molecular complexity index is 934. The van der Waals surface area contributed by atoms with Crippen molar-refractivity contribution in [3.05, 3.63) is 65.5 Å². The number of ether oxygens (including phenoxy) is 1. The number of benzene rings is 2. The van der Waals surface area contributed by atoms with Gasteiger partial charge in [-0.15, -0.1) is 0 Å². The van der Waals surface area contributed by atoms with Crippen LogP contribution < -0.4 is 4.74 Å². The van der Waals surface area contributed by atoms with E-state index < -0.39 is 0 Å². The fourth-order valence-electron chi connectivity index (χ4n) is 2.83. The Kier molecular flexibility index (Phi) is 5.54. The Morgan fingerprint density at radius 2 is 1.96 bits per heavy atom. The number of methoxy groups -OCH3 is 1. The van der Waals surface area contributed by atoms with Crippen molar-refractivity contribution < 1.29 is 14.1 Å². The van der Waals surface area contributed by atoms with Gasteiger partial charge in [-0.05, 0) is 39.0 Å². The number of nitrogens with zero attached hydrogens (tertiary/aromatic N) is 3. The summed E-state index contributed by atoms with van der Waals surface area (Å²) in [7, 11) is 1.55. The van der Waals surface area contributed by atoms with Crippen LogP contribution in [0.25, 0.3) is 11.4 Å². The highest BCUT2D eigenvalue weighted by molar-refractivity contribution is 5.97. The number of hydrogen-bond donors (Lipinski definition) is 0. The summed E-state index contributed by atoms with van der Waals surface area (Å²) < 4.78 is 10.7. The summed E-state index contributed by atoms with van der Waals surface area (Å²) in [6.07, 6.45) is 0. The van der Waals surface area contributed by atoms with Crippen molar-refractivity contribution in [1.82, 2.24) is 15.0 Å². The summed E-state index contributed by atoms with van der Waals surface area (Å²) >= 11 is 0. The number of carbonyl (C=O) groups excluding carboxylic acids is 1. The first-order chi connectivity index (χ1) is 13.0. The van der Waals surface area contributed by atoms with Gasteiger partial charge in [-0.25, -0.2) is 0 Å².